The molecule has 5 nitrogen and oxygen atoms in total. The summed E-state index contributed by atoms with van der Waals surface area (Å²) in [5.74, 6) is -0.399. The fraction of sp³-hybridized carbons (Fsp3) is 0.0625. The summed E-state index contributed by atoms with van der Waals surface area (Å²) in [6, 6.07) is 8.45. The van der Waals surface area contributed by atoms with E-state index in [1.54, 1.807) is 47.9 Å². The molecule has 0 aliphatic rings. The Morgan fingerprint density at radius 2 is 1.96 bits per heavy atom. The molecule has 0 fully saturated rings. The largest absolute Gasteiger partial charge is 0.294 e. The van der Waals surface area contributed by atoms with E-state index in [-0.39, 0.29) is 0 Å². The van der Waals surface area contributed by atoms with Gasteiger partial charge in [0, 0.05) is 16.8 Å². The van der Waals surface area contributed by atoms with Gasteiger partial charge in [0.05, 0.1) is 22.0 Å². The van der Waals surface area contributed by atoms with Crippen molar-refractivity contribution < 1.29 is 4.79 Å². The molecular formula is C16H11Cl3N4O. The van der Waals surface area contributed by atoms with E-state index in [4.69, 9.17) is 34.8 Å². The number of hydrogen-bond acceptors (Lipinski definition) is 3. The van der Waals surface area contributed by atoms with Crippen molar-refractivity contribution in [3.63, 3.8) is 0 Å². The topological polar surface area (TPSA) is 58.8 Å². The monoisotopic (exact) mass is 380 g/mol. The van der Waals surface area contributed by atoms with Gasteiger partial charge in [0.2, 0.25) is 0 Å². The Bertz CT molecular complexity index is 965. The molecule has 0 aliphatic heterocycles. The first-order valence-corrected chi connectivity index (χ1v) is 8.02. The lowest BCUT2D eigenvalue weighted by Gasteiger charge is -2.02. The van der Waals surface area contributed by atoms with E-state index < -0.39 is 5.91 Å². The molecule has 0 bridgehead atoms. The summed E-state index contributed by atoms with van der Waals surface area (Å²) in [5, 5.41) is 5.41. The van der Waals surface area contributed by atoms with Crippen molar-refractivity contribution in [2.24, 2.45) is 5.10 Å². The molecule has 0 saturated carbocycles. The number of aryl methyl sites for hydroxylation is 1. The third-order valence-electron chi connectivity index (χ3n) is 3.30. The second-order valence-corrected chi connectivity index (χ2v) is 6.27. The molecule has 0 unspecified atom stereocenters. The van der Waals surface area contributed by atoms with Crippen molar-refractivity contribution in [2.75, 3.05) is 0 Å². The summed E-state index contributed by atoms with van der Waals surface area (Å²) in [6.07, 6.45) is 3.08. The molecule has 1 N–H and O–H groups in total. The van der Waals surface area contributed by atoms with Crippen molar-refractivity contribution in [3.8, 4) is 0 Å². The van der Waals surface area contributed by atoms with Gasteiger partial charge in [-0.15, -0.1) is 0 Å². The maximum Gasteiger partial charge on any atom is 0.290 e. The van der Waals surface area contributed by atoms with Crippen LogP contribution in [0.3, 0.4) is 0 Å². The molecule has 3 aromatic rings. The first-order valence-electron chi connectivity index (χ1n) is 6.88. The molecule has 8 heteroatoms. The van der Waals surface area contributed by atoms with Gasteiger partial charge in [-0.3, -0.25) is 9.20 Å². The average Bonchev–Trinajstić information content (AvgIpc) is 2.84. The summed E-state index contributed by atoms with van der Waals surface area (Å²) in [5.41, 5.74) is 4.68. The van der Waals surface area contributed by atoms with Gasteiger partial charge in [-0.05, 0) is 31.2 Å². The molecule has 1 aromatic carbocycles. The second-order valence-electron chi connectivity index (χ2n) is 4.99. The molecule has 1 amide bonds. The van der Waals surface area contributed by atoms with Crippen LogP contribution < -0.4 is 5.43 Å². The Balaban J connectivity index is 1.84. The number of benzene rings is 1. The fourth-order valence-electron chi connectivity index (χ4n) is 2.23. The minimum absolute atomic E-state index is 0.367. The van der Waals surface area contributed by atoms with Crippen molar-refractivity contribution >= 4 is 52.6 Å². The predicted molar refractivity (Wildman–Crippen MR) is 96.5 cm³/mol. The number of halogens is 3. The van der Waals surface area contributed by atoms with Crippen LogP contribution in [0.1, 0.15) is 21.7 Å². The molecule has 2 aromatic heterocycles. The molecule has 0 atom stereocenters. The molecule has 0 spiro atoms. The fourth-order valence-corrected chi connectivity index (χ4v) is 2.85. The van der Waals surface area contributed by atoms with E-state index in [0.717, 1.165) is 0 Å². The van der Waals surface area contributed by atoms with Crippen LogP contribution in [0.2, 0.25) is 15.1 Å². The Kier molecular flexibility index (Phi) is 4.76. The first kappa shape index (κ1) is 16.8. The molecule has 0 aliphatic carbocycles. The van der Waals surface area contributed by atoms with E-state index in [2.05, 4.69) is 15.5 Å². The van der Waals surface area contributed by atoms with Gasteiger partial charge in [-0.2, -0.15) is 5.10 Å². The number of rotatable bonds is 3. The lowest BCUT2D eigenvalue weighted by molar-refractivity contribution is 0.0948. The summed E-state index contributed by atoms with van der Waals surface area (Å²) in [6.45, 7) is 1.75. The van der Waals surface area contributed by atoms with Gasteiger partial charge >= 0.3 is 0 Å². The summed E-state index contributed by atoms with van der Waals surface area (Å²) in [4.78, 5) is 16.7. The number of fused-ring (bicyclic) bond motifs is 1. The normalized spacial score (nSPS) is 11.3. The van der Waals surface area contributed by atoms with Crippen LogP contribution in [0.5, 0.6) is 0 Å². The standard InChI is InChI=1S/C16H11Cl3N4O/c1-9-15(23-8-12(18)4-5-14(23)21-9)16(24)22-20-7-10-2-3-11(17)6-13(10)19/h2-8H,1H3,(H,22,24). The van der Waals surface area contributed by atoms with Crippen LogP contribution in [-0.4, -0.2) is 21.5 Å². The number of pyridine rings is 1. The highest BCUT2D eigenvalue weighted by Gasteiger charge is 2.16. The zero-order chi connectivity index (χ0) is 17.3. The third kappa shape index (κ3) is 3.38. The van der Waals surface area contributed by atoms with Crippen LogP contribution in [0.4, 0.5) is 0 Å². The second kappa shape index (κ2) is 6.81. The number of nitrogens with zero attached hydrogens (tertiary/aromatic N) is 3. The predicted octanol–water partition coefficient (Wildman–Crippen LogP) is 4.37. The zero-order valence-electron chi connectivity index (χ0n) is 12.4. The maximum atomic E-state index is 12.4. The number of aromatic nitrogens is 2. The number of hydrogen-bond donors (Lipinski definition) is 1. The van der Waals surface area contributed by atoms with Crippen molar-refractivity contribution in [1.82, 2.24) is 14.8 Å². The highest BCUT2D eigenvalue weighted by Crippen LogP contribution is 2.19. The van der Waals surface area contributed by atoms with E-state index in [0.29, 0.717) is 37.7 Å². The van der Waals surface area contributed by atoms with Crippen LogP contribution in [0.15, 0.2) is 41.6 Å². The number of carbonyl (C=O) groups excluding carboxylic acids is 1. The van der Waals surface area contributed by atoms with Crippen molar-refractivity contribution in [2.45, 2.75) is 6.92 Å². The first-order chi connectivity index (χ1) is 11.5. The molecular weight excluding hydrogens is 371 g/mol. The zero-order valence-corrected chi connectivity index (χ0v) is 14.7. The van der Waals surface area contributed by atoms with Gasteiger partial charge in [0.25, 0.3) is 5.91 Å². The van der Waals surface area contributed by atoms with E-state index in [9.17, 15) is 4.79 Å². The highest BCUT2D eigenvalue weighted by molar-refractivity contribution is 6.36. The quantitative estimate of drug-likeness (QED) is 0.541. The summed E-state index contributed by atoms with van der Waals surface area (Å²) < 4.78 is 1.62. The Morgan fingerprint density at radius 1 is 1.21 bits per heavy atom. The van der Waals surface area contributed by atoms with Gasteiger partial charge < -0.3 is 0 Å². The lowest BCUT2D eigenvalue weighted by atomic mass is 10.2. The Hall–Kier alpha value is -2.08. The van der Waals surface area contributed by atoms with Crippen LogP contribution in [-0.2, 0) is 0 Å². The SMILES string of the molecule is Cc1nc2ccc(Cl)cn2c1C(=O)NN=Cc1ccc(Cl)cc1Cl. The minimum atomic E-state index is -0.399. The Labute approximate surface area is 152 Å². The van der Waals surface area contributed by atoms with E-state index in [1.807, 2.05) is 0 Å². The number of amides is 1. The number of hydrazone groups is 1. The summed E-state index contributed by atoms with van der Waals surface area (Å²) >= 11 is 17.9. The van der Waals surface area contributed by atoms with E-state index in [1.165, 1.54) is 6.21 Å². The number of nitrogens with one attached hydrogen (secondary N) is 1. The average molecular weight is 382 g/mol. The Morgan fingerprint density at radius 3 is 2.71 bits per heavy atom. The molecule has 0 saturated heterocycles. The van der Waals surface area contributed by atoms with Crippen molar-refractivity contribution in [3.05, 3.63) is 68.5 Å². The molecule has 24 heavy (non-hydrogen) atoms. The highest BCUT2D eigenvalue weighted by atomic mass is 35.5. The molecule has 3 rings (SSSR count). The minimum Gasteiger partial charge on any atom is -0.294 e. The molecule has 122 valence electrons. The van der Waals surface area contributed by atoms with Crippen LogP contribution >= 0.6 is 34.8 Å². The maximum absolute atomic E-state index is 12.4. The third-order valence-corrected chi connectivity index (χ3v) is 4.09. The van der Waals surface area contributed by atoms with Gasteiger partial charge in [-0.25, -0.2) is 10.4 Å². The van der Waals surface area contributed by atoms with Gasteiger partial charge in [-0.1, -0.05) is 40.9 Å². The molecule has 2 heterocycles. The van der Waals surface area contributed by atoms with Crippen LogP contribution in [0.25, 0.3) is 5.65 Å². The smallest absolute Gasteiger partial charge is 0.290 e. The van der Waals surface area contributed by atoms with Crippen LogP contribution in [0, 0.1) is 6.92 Å². The van der Waals surface area contributed by atoms with Crippen molar-refractivity contribution in [1.29, 1.82) is 0 Å². The summed E-state index contributed by atoms with van der Waals surface area (Å²) in [7, 11) is 0. The molecule has 0 radical (unpaired) electrons. The lowest BCUT2D eigenvalue weighted by Crippen LogP contribution is -2.20. The number of carbonyl (C=O) groups is 1. The van der Waals surface area contributed by atoms with Gasteiger partial charge in [0.15, 0.2) is 0 Å². The van der Waals surface area contributed by atoms with E-state index >= 15 is 0 Å². The van der Waals surface area contributed by atoms with Gasteiger partial charge in [0.1, 0.15) is 11.3 Å². The number of imidazole rings is 1.